The summed E-state index contributed by atoms with van der Waals surface area (Å²) in [6.45, 7) is 1.94. The Morgan fingerprint density at radius 1 is 1.40 bits per heavy atom. The zero-order valence-corrected chi connectivity index (χ0v) is 8.23. The summed E-state index contributed by atoms with van der Waals surface area (Å²) < 4.78 is 4.76. The molecule has 4 heteroatoms. The third-order valence-electron chi connectivity index (χ3n) is 2.24. The van der Waals surface area contributed by atoms with E-state index in [1.54, 1.807) is 18.2 Å². The number of carbonyl (C=O) groups is 1. The van der Waals surface area contributed by atoms with Gasteiger partial charge >= 0.3 is 0 Å². The molecular weight excluding hydrogens is 192 g/mol. The van der Waals surface area contributed by atoms with Gasteiger partial charge in [-0.05, 0) is 24.6 Å². The van der Waals surface area contributed by atoms with Crippen LogP contribution >= 0.6 is 0 Å². The minimum Gasteiger partial charge on any atom is -0.366 e. The maximum Gasteiger partial charge on any atom is 0.248 e. The van der Waals surface area contributed by atoms with Gasteiger partial charge in [-0.15, -0.1) is 0 Å². The lowest BCUT2D eigenvalue weighted by Crippen LogP contribution is -2.10. The minimum absolute atomic E-state index is 0.445. The average molecular weight is 202 g/mol. The number of rotatable bonds is 2. The van der Waals surface area contributed by atoms with E-state index in [0.717, 1.165) is 11.1 Å². The highest BCUT2D eigenvalue weighted by Gasteiger charge is 2.08. The molecule has 2 rings (SSSR count). The summed E-state index contributed by atoms with van der Waals surface area (Å²) >= 11 is 0. The molecule has 0 spiro atoms. The first-order chi connectivity index (χ1) is 7.18. The predicted molar refractivity (Wildman–Crippen MR) is 55.2 cm³/mol. The molecule has 1 heterocycles. The van der Waals surface area contributed by atoms with E-state index in [1.165, 1.54) is 6.26 Å². The van der Waals surface area contributed by atoms with E-state index in [9.17, 15) is 4.79 Å². The Morgan fingerprint density at radius 3 is 2.80 bits per heavy atom. The zero-order valence-electron chi connectivity index (χ0n) is 8.23. The third kappa shape index (κ3) is 1.74. The van der Waals surface area contributed by atoms with Gasteiger partial charge in [0, 0.05) is 17.2 Å². The van der Waals surface area contributed by atoms with E-state index in [1.807, 2.05) is 13.0 Å². The van der Waals surface area contributed by atoms with E-state index >= 15 is 0 Å². The van der Waals surface area contributed by atoms with Crippen molar-refractivity contribution >= 4 is 5.91 Å². The molecule has 0 aliphatic heterocycles. The van der Waals surface area contributed by atoms with Crippen LogP contribution in [0.25, 0.3) is 11.3 Å². The molecule has 0 saturated heterocycles. The van der Waals surface area contributed by atoms with E-state index in [0.29, 0.717) is 11.3 Å². The Balaban J connectivity index is 2.55. The lowest BCUT2D eigenvalue weighted by atomic mass is 10.0. The van der Waals surface area contributed by atoms with Gasteiger partial charge in [-0.3, -0.25) is 4.79 Å². The summed E-state index contributed by atoms with van der Waals surface area (Å²) in [5, 5.41) is 3.82. The van der Waals surface area contributed by atoms with Crippen molar-refractivity contribution in [3.63, 3.8) is 0 Å². The molecule has 4 nitrogen and oxygen atoms in total. The van der Waals surface area contributed by atoms with Crippen molar-refractivity contribution in [2.24, 2.45) is 5.73 Å². The van der Waals surface area contributed by atoms with Crippen molar-refractivity contribution < 1.29 is 9.32 Å². The van der Waals surface area contributed by atoms with E-state index < -0.39 is 5.91 Å². The first-order valence-corrected chi connectivity index (χ1v) is 4.49. The van der Waals surface area contributed by atoms with Crippen LogP contribution in [0.3, 0.4) is 0 Å². The van der Waals surface area contributed by atoms with Crippen LogP contribution in [0.4, 0.5) is 0 Å². The summed E-state index contributed by atoms with van der Waals surface area (Å²) in [6.07, 6.45) is 1.49. The molecule has 1 amide bonds. The van der Waals surface area contributed by atoms with Crippen molar-refractivity contribution in [2.75, 3.05) is 0 Å². The molecule has 76 valence electrons. The van der Waals surface area contributed by atoms with Crippen LogP contribution in [0.5, 0.6) is 0 Å². The Kier molecular flexibility index (Phi) is 2.25. The van der Waals surface area contributed by atoms with Crippen molar-refractivity contribution in [1.29, 1.82) is 0 Å². The van der Waals surface area contributed by atoms with Gasteiger partial charge in [0.25, 0.3) is 0 Å². The topological polar surface area (TPSA) is 69.1 Å². The van der Waals surface area contributed by atoms with Crippen LogP contribution in [-0.4, -0.2) is 11.1 Å². The fourth-order valence-electron chi connectivity index (χ4n) is 1.40. The van der Waals surface area contributed by atoms with Crippen LogP contribution in [0.15, 0.2) is 35.1 Å². The highest BCUT2D eigenvalue weighted by atomic mass is 16.5. The van der Waals surface area contributed by atoms with Crippen LogP contribution in [-0.2, 0) is 0 Å². The molecule has 1 aromatic carbocycles. The monoisotopic (exact) mass is 202 g/mol. The smallest absolute Gasteiger partial charge is 0.248 e. The molecule has 0 aliphatic carbocycles. The summed E-state index contributed by atoms with van der Waals surface area (Å²) in [7, 11) is 0. The molecule has 2 aromatic rings. The van der Waals surface area contributed by atoms with Crippen LogP contribution < -0.4 is 5.73 Å². The number of hydrogen-bond donors (Lipinski definition) is 1. The maximum atomic E-state index is 11.0. The van der Waals surface area contributed by atoms with Gasteiger partial charge in [-0.1, -0.05) is 11.2 Å². The lowest BCUT2D eigenvalue weighted by Gasteiger charge is -2.03. The number of aryl methyl sites for hydroxylation is 1. The normalized spacial score (nSPS) is 10.2. The summed E-state index contributed by atoms with van der Waals surface area (Å²) in [5.41, 5.74) is 8.26. The number of hydrogen-bond acceptors (Lipinski definition) is 3. The number of primary amides is 1. The van der Waals surface area contributed by atoms with Gasteiger partial charge in [0.15, 0.2) is 0 Å². The molecule has 1 aromatic heterocycles. The second-order valence-electron chi connectivity index (χ2n) is 3.28. The molecule has 0 radical (unpaired) electrons. The number of carbonyl (C=O) groups excluding carboxylic acids is 1. The summed E-state index contributed by atoms with van der Waals surface area (Å²) in [5.74, 6) is -0.445. The summed E-state index contributed by atoms with van der Waals surface area (Å²) in [6, 6.07) is 6.99. The molecule has 0 bridgehead atoms. The highest BCUT2D eigenvalue weighted by molar-refractivity contribution is 5.94. The second kappa shape index (κ2) is 3.57. The van der Waals surface area contributed by atoms with Gasteiger partial charge in [0.05, 0.1) is 0 Å². The van der Waals surface area contributed by atoms with E-state index in [2.05, 4.69) is 5.16 Å². The molecule has 0 fully saturated rings. The van der Waals surface area contributed by atoms with Crippen LogP contribution in [0.2, 0.25) is 0 Å². The molecule has 0 saturated carbocycles. The first kappa shape index (κ1) is 9.45. The zero-order chi connectivity index (χ0) is 10.8. The molecule has 0 atom stereocenters. The van der Waals surface area contributed by atoms with Crippen molar-refractivity contribution in [3.05, 3.63) is 41.7 Å². The molecule has 2 N–H and O–H groups in total. The lowest BCUT2D eigenvalue weighted by molar-refractivity contribution is 0.100. The van der Waals surface area contributed by atoms with Gasteiger partial charge < -0.3 is 10.3 Å². The number of benzene rings is 1. The quantitative estimate of drug-likeness (QED) is 0.806. The Hall–Kier alpha value is -2.10. The highest BCUT2D eigenvalue weighted by Crippen LogP contribution is 2.22. The Morgan fingerprint density at radius 2 is 2.20 bits per heavy atom. The van der Waals surface area contributed by atoms with Gasteiger partial charge in [0.2, 0.25) is 5.91 Å². The minimum atomic E-state index is -0.445. The van der Waals surface area contributed by atoms with Gasteiger partial charge in [-0.25, -0.2) is 0 Å². The molecule has 15 heavy (non-hydrogen) atoms. The second-order valence-corrected chi connectivity index (χ2v) is 3.28. The SMILES string of the molecule is Cc1ccc(C(N)=O)cc1-c1ccon1. The Labute approximate surface area is 86.7 Å². The Bertz CT molecular complexity index is 489. The van der Waals surface area contributed by atoms with Crippen LogP contribution in [0.1, 0.15) is 15.9 Å². The third-order valence-corrected chi connectivity index (χ3v) is 2.24. The number of nitrogens with two attached hydrogens (primary N) is 1. The molecule has 0 aliphatic rings. The maximum absolute atomic E-state index is 11.0. The molecular formula is C11H10N2O2. The van der Waals surface area contributed by atoms with Gasteiger partial charge in [-0.2, -0.15) is 0 Å². The van der Waals surface area contributed by atoms with Crippen LogP contribution in [0, 0.1) is 6.92 Å². The largest absolute Gasteiger partial charge is 0.366 e. The number of nitrogens with zero attached hydrogens (tertiary/aromatic N) is 1. The van der Waals surface area contributed by atoms with E-state index in [-0.39, 0.29) is 0 Å². The van der Waals surface area contributed by atoms with Crippen molar-refractivity contribution in [1.82, 2.24) is 5.16 Å². The standard InChI is InChI=1S/C11H10N2O2/c1-7-2-3-8(11(12)14)6-9(7)10-4-5-15-13-10/h2-6H,1H3,(H2,12,14). The molecule has 0 unspecified atom stereocenters. The fourth-order valence-corrected chi connectivity index (χ4v) is 1.40. The number of amides is 1. The number of aromatic nitrogens is 1. The fraction of sp³-hybridized carbons (Fsp3) is 0.0909. The first-order valence-electron chi connectivity index (χ1n) is 4.49. The predicted octanol–water partition coefficient (Wildman–Crippen LogP) is 1.75. The van der Waals surface area contributed by atoms with Crippen molar-refractivity contribution in [2.45, 2.75) is 6.92 Å². The van der Waals surface area contributed by atoms with Gasteiger partial charge in [0.1, 0.15) is 12.0 Å². The van der Waals surface area contributed by atoms with Crippen molar-refractivity contribution in [3.8, 4) is 11.3 Å². The van der Waals surface area contributed by atoms with E-state index in [4.69, 9.17) is 10.3 Å². The average Bonchev–Trinajstić information content (AvgIpc) is 2.71. The summed E-state index contributed by atoms with van der Waals surface area (Å²) in [4.78, 5) is 11.0.